The Morgan fingerprint density at radius 3 is 1.94 bits per heavy atom. The minimum Gasteiger partial charge on any atom is -0.0646 e. The van der Waals surface area contributed by atoms with Gasteiger partial charge in [0.1, 0.15) is 0 Å². The van der Waals surface area contributed by atoms with Crippen LogP contribution in [0.1, 0.15) is 65.5 Å². The highest BCUT2D eigenvalue weighted by atomic mass is 127. The third kappa shape index (κ3) is 3.04. The second-order valence-corrected chi connectivity index (χ2v) is 7.30. The molecule has 0 aliphatic rings. The summed E-state index contributed by atoms with van der Waals surface area (Å²) in [5, 5.41) is 0. The lowest BCUT2D eigenvalue weighted by Crippen LogP contribution is -2.26. The predicted octanol–water partition coefficient (Wildman–Crippen LogP) is 5.67. The Bertz CT molecular complexity index is 389. The zero-order chi connectivity index (χ0) is 13.3. The molecule has 1 aromatic carbocycles. The van der Waals surface area contributed by atoms with E-state index < -0.39 is 0 Å². The maximum Gasteiger partial charge on any atom is 0.0170 e. The Kier molecular flexibility index (Phi) is 4.67. The standard InChI is InChI=1S/C16H25I/c1-7-15(3,4)12-10-9-11-13(17)14(12)16(5,6)8-2/h9-11H,7-8H2,1-6H3. The molecule has 0 aliphatic carbocycles. The van der Waals surface area contributed by atoms with Gasteiger partial charge in [0.2, 0.25) is 0 Å². The maximum atomic E-state index is 2.49. The van der Waals surface area contributed by atoms with Crippen LogP contribution < -0.4 is 0 Å². The second kappa shape index (κ2) is 5.29. The monoisotopic (exact) mass is 344 g/mol. The number of benzene rings is 1. The van der Waals surface area contributed by atoms with E-state index in [1.807, 2.05) is 0 Å². The van der Waals surface area contributed by atoms with Gasteiger partial charge in [-0.05, 0) is 63.5 Å². The molecule has 0 aliphatic heterocycles. The SMILES string of the molecule is CCC(C)(C)c1cccc(I)c1C(C)(C)CC. The van der Waals surface area contributed by atoms with Gasteiger partial charge in [-0.1, -0.05) is 53.7 Å². The Hall–Kier alpha value is -0.0500. The molecular formula is C16H25I. The van der Waals surface area contributed by atoms with Gasteiger partial charge in [-0.25, -0.2) is 0 Å². The molecule has 0 N–H and O–H groups in total. The first-order valence-corrected chi connectivity index (χ1v) is 7.63. The van der Waals surface area contributed by atoms with Gasteiger partial charge in [0.25, 0.3) is 0 Å². The fourth-order valence-corrected chi connectivity index (χ4v) is 3.37. The van der Waals surface area contributed by atoms with Crippen molar-refractivity contribution in [3.63, 3.8) is 0 Å². The van der Waals surface area contributed by atoms with Crippen molar-refractivity contribution in [2.24, 2.45) is 0 Å². The fourth-order valence-electron chi connectivity index (χ4n) is 2.14. The lowest BCUT2D eigenvalue weighted by Gasteiger charge is -2.34. The predicted molar refractivity (Wildman–Crippen MR) is 85.8 cm³/mol. The number of rotatable bonds is 4. The molecule has 0 amide bonds. The van der Waals surface area contributed by atoms with E-state index in [4.69, 9.17) is 0 Å². The van der Waals surface area contributed by atoms with E-state index in [0.29, 0.717) is 0 Å². The van der Waals surface area contributed by atoms with Crippen LogP contribution in [0.15, 0.2) is 18.2 Å². The number of hydrogen-bond acceptors (Lipinski definition) is 0. The minimum absolute atomic E-state index is 0.263. The van der Waals surface area contributed by atoms with E-state index in [2.05, 4.69) is 82.3 Å². The largest absolute Gasteiger partial charge is 0.0646 e. The molecule has 17 heavy (non-hydrogen) atoms. The van der Waals surface area contributed by atoms with Crippen LogP contribution in [0.25, 0.3) is 0 Å². The van der Waals surface area contributed by atoms with Gasteiger partial charge in [-0.15, -0.1) is 0 Å². The summed E-state index contributed by atoms with van der Waals surface area (Å²) in [7, 11) is 0. The van der Waals surface area contributed by atoms with Crippen LogP contribution in [0.3, 0.4) is 0 Å². The van der Waals surface area contributed by atoms with Crippen molar-refractivity contribution in [3.8, 4) is 0 Å². The van der Waals surface area contributed by atoms with Gasteiger partial charge >= 0.3 is 0 Å². The molecule has 0 spiro atoms. The smallest absolute Gasteiger partial charge is 0.0170 e. The molecule has 0 saturated heterocycles. The van der Waals surface area contributed by atoms with Crippen molar-refractivity contribution in [1.82, 2.24) is 0 Å². The van der Waals surface area contributed by atoms with Gasteiger partial charge in [-0.3, -0.25) is 0 Å². The summed E-state index contributed by atoms with van der Waals surface area (Å²) in [5.41, 5.74) is 3.61. The summed E-state index contributed by atoms with van der Waals surface area (Å²) >= 11 is 2.49. The second-order valence-electron chi connectivity index (χ2n) is 6.14. The molecule has 0 saturated carbocycles. The average Bonchev–Trinajstić information content (AvgIpc) is 2.28. The summed E-state index contributed by atoms with van der Waals surface area (Å²) in [4.78, 5) is 0. The van der Waals surface area contributed by atoms with Crippen LogP contribution in [0, 0.1) is 3.57 Å². The van der Waals surface area contributed by atoms with Gasteiger partial charge in [-0.2, -0.15) is 0 Å². The van der Waals surface area contributed by atoms with E-state index >= 15 is 0 Å². The van der Waals surface area contributed by atoms with Gasteiger partial charge in [0, 0.05) is 3.57 Å². The first kappa shape index (κ1) is 15.0. The van der Waals surface area contributed by atoms with E-state index in [1.165, 1.54) is 22.0 Å². The van der Waals surface area contributed by atoms with Gasteiger partial charge in [0.05, 0.1) is 0 Å². The van der Waals surface area contributed by atoms with E-state index in [0.717, 1.165) is 0 Å². The third-order valence-corrected chi connectivity index (χ3v) is 5.09. The molecule has 1 heteroatoms. The zero-order valence-electron chi connectivity index (χ0n) is 12.0. The Morgan fingerprint density at radius 1 is 0.941 bits per heavy atom. The van der Waals surface area contributed by atoms with Crippen molar-refractivity contribution in [3.05, 3.63) is 32.9 Å². The zero-order valence-corrected chi connectivity index (χ0v) is 14.2. The van der Waals surface area contributed by atoms with E-state index in [9.17, 15) is 0 Å². The molecular weight excluding hydrogens is 319 g/mol. The van der Waals surface area contributed by atoms with Gasteiger partial charge < -0.3 is 0 Å². The molecule has 0 nitrogen and oxygen atoms in total. The first-order chi connectivity index (χ1) is 7.76. The van der Waals surface area contributed by atoms with Crippen molar-refractivity contribution >= 4 is 22.6 Å². The van der Waals surface area contributed by atoms with Crippen molar-refractivity contribution < 1.29 is 0 Å². The third-order valence-electron chi connectivity index (χ3n) is 4.19. The Balaban J connectivity index is 3.48. The maximum absolute atomic E-state index is 2.49. The highest BCUT2D eigenvalue weighted by Gasteiger charge is 2.30. The fraction of sp³-hybridized carbons (Fsp3) is 0.625. The topological polar surface area (TPSA) is 0 Å². The molecule has 0 atom stereocenters. The number of hydrogen-bond donors (Lipinski definition) is 0. The van der Waals surface area contributed by atoms with Crippen molar-refractivity contribution in [1.29, 1.82) is 0 Å². The van der Waals surface area contributed by atoms with Crippen LogP contribution in [0.5, 0.6) is 0 Å². The molecule has 1 rings (SSSR count). The molecule has 1 aromatic rings. The summed E-state index contributed by atoms with van der Waals surface area (Å²) in [6.45, 7) is 14.0. The summed E-state index contributed by atoms with van der Waals surface area (Å²) in [6.07, 6.45) is 2.36. The van der Waals surface area contributed by atoms with Crippen LogP contribution in [0.4, 0.5) is 0 Å². The molecule has 0 unspecified atom stereocenters. The summed E-state index contributed by atoms with van der Waals surface area (Å²) < 4.78 is 1.41. The average molecular weight is 344 g/mol. The first-order valence-electron chi connectivity index (χ1n) is 6.55. The minimum atomic E-state index is 0.263. The molecule has 0 heterocycles. The van der Waals surface area contributed by atoms with Crippen LogP contribution >= 0.6 is 22.6 Å². The highest BCUT2D eigenvalue weighted by Crippen LogP contribution is 2.39. The highest BCUT2D eigenvalue weighted by molar-refractivity contribution is 14.1. The molecule has 0 aromatic heterocycles. The normalized spacial score (nSPS) is 12.9. The summed E-state index contributed by atoms with van der Waals surface area (Å²) in [6, 6.07) is 6.75. The lowest BCUT2D eigenvalue weighted by atomic mass is 9.71. The van der Waals surface area contributed by atoms with E-state index in [-0.39, 0.29) is 10.8 Å². The molecule has 0 bridgehead atoms. The Morgan fingerprint density at radius 2 is 1.47 bits per heavy atom. The van der Waals surface area contributed by atoms with E-state index in [1.54, 1.807) is 5.56 Å². The van der Waals surface area contributed by atoms with Gasteiger partial charge in [0.15, 0.2) is 0 Å². The summed E-state index contributed by atoms with van der Waals surface area (Å²) in [5.74, 6) is 0. The molecule has 0 fully saturated rings. The van der Waals surface area contributed by atoms with Crippen LogP contribution in [-0.2, 0) is 10.8 Å². The Labute approximate surface area is 120 Å². The molecule has 0 radical (unpaired) electrons. The molecule has 96 valence electrons. The lowest BCUT2D eigenvalue weighted by molar-refractivity contribution is 0.453. The van der Waals surface area contributed by atoms with Crippen molar-refractivity contribution in [2.45, 2.75) is 65.2 Å². The van der Waals surface area contributed by atoms with Crippen molar-refractivity contribution in [2.75, 3.05) is 0 Å². The quantitative estimate of drug-likeness (QED) is 0.618. The number of halogens is 1. The van der Waals surface area contributed by atoms with Crippen LogP contribution in [-0.4, -0.2) is 0 Å². The van der Waals surface area contributed by atoms with Crippen LogP contribution in [0.2, 0.25) is 0 Å².